The number of benzene rings is 2. The summed E-state index contributed by atoms with van der Waals surface area (Å²) in [5.41, 5.74) is 3.23. The molecule has 0 radical (unpaired) electrons. The minimum absolute atomic E-state index is 0.0720. The maximum Gasteiger partial charge on any atom is 0.193 e. The SMILES string of the molecule is O=C(c1cc(O)c2c3c1C[C@H]1NCC[C@]34[C@H]1C=C[C@H](O)[C@@H]4O2)c1cc(O)c2c3c1C[C@H]1NCC[C@]34[C@H]1C=C[C@H](O)[C@@H]4O2. The summed E-state index contributed by atoms with van der Waals surface area (Å²) in [6, 6.07) is 3.19. The van der Waals surface area contributed by atoms with Crippen molar-refractivity contribution >= 4 is 5.78 Å². The number of aromatic hydroxyl groups is 2. The number of hydrogen-bond donors (Lipinski definition) is 6. The van der Waals surface area contributed by atoms with Gasteiger partial charge in [-0.1, -0.05) is 24.3 Å². The van der Waals surface area contributed by atoms with E-state index in [-0.39, 0.29) is 41.2 Å². The van der Waals surface area contributed by atoms with Crippen LogP contribution in [0, 0.1) is 11.8 Å². The number of phenolic OH excluding ortho intramolecular Hbond substituents is 2. The smallest absolute Gasteiger partial charge is 0.193 e. The molecule has 4 heterocycles. The summed E-state index contributed by atoms with van der Waals surface area (Å²) in [5, 5.41) is 51.9. The molecule has 42 heavy (non-hydrogen) atoms. The van der Waals surface area contributed by atoms with Crippen LogP contribution in [0.15, 0.2) is 36.4 Å². The summed E-state index contributed by atoms with van der Waals surface area (Å²) in [4.78, 5) is 14.8. The fourth-order valence-corrected chi connectivity index (χ4v) is 10.7. The fourth-order valence-electron chi connectivity index (χ4n) is 10.7. The second-order valence-electron chi connectivity index (χ2n) is 13.6. The van der Waals surface area contributed by atoms with Crippen molar-refractivity contribution in [1.82, 2.24) is 10.6 Å². The van der Waals surface area contributed by atoms with Gasteiger partial charge in [0.25, 0.3) is 0 Å². The van der Waals surface area contributed by atoms with E-state index < -0.39 is 35.2 Å². The molecule has 4 aliphatic heterocycles. The summed E-state index contributed by atoms with van der Waals surface area (Å²) in [7, 11) is 0. The van der Waals surface area contributed by atoms with E-state index in [1.807, 2.05) is 0 Å². The van der Waals surface area contributed by atoms with Gasteiger partial charge < -0.3 is 40.5 Å². The molecule has 0 saturated carbocycles. The topological polar surface area (TPSA) is 141 Å². The molecule has 2 fully saturated rings. The number of nitrogens with one attached hydrogen (secondary N) is 2. The van der Waals surface area contributed by atoms with Gasteiger partial charge >= 0.3 is 0 Å². The Morgan fingerprint density at radius 2 is 1.19 bits per heavy atom. The van der Waals surface area contributed by atoms with Crippen LogP contribution in [0.5, 0.6) is 23.0 Å². The van der Waals surface area contributed by atoms with Crippen molar-refractivity contribution in [2.45, 2.75) is 73.0 Å². The molecule has 9 nitrogen and oxygen atoms in total. The first-order valence-corrected chi connectivity index (χ1v) is 15.2. The summed E-state index contributed by atoms with van der Waals surface area (Å²) in [5.74, 6) is 0.514. The normalized spacial score (nSPS) is 42.0. The average Bonchev–Trinajstić information content (AvgIpc) is 3.50. The van der Waals surface area contributed by atoms with Crippen LogP contribution >= 0.6 is 0 Å². The largest absolute Gasteiger partial charge is 0.504 e. The first kappa shape index (κ1) is 24.1. The molecular weight excluding hydrogens is 536 g/mol. The van der Waals surface area contributed by atoms with Crippen LogP contribution in [0.1, 0.15) is 51.0 Å². The highest BCUT2D eigenvalue weighted by Crippen LogP contribution is 2.64. The highest BCUT2D eigenvalue weighted by Gasteiger charge is 2.65. The predicted molar refractivity (Wildman–Crippen MR) is 149 cm³/mol. The van der Waals surface area contributed by atoms with Crippen molar-refractivity contribution < 1.29 is 34.7 Å². The quantitative estimate of drug-likeness (QED) is 0.233. The molecule has 9 heteroatoms. The molecule has 2 spiro atoms. The molecule has 0 amide bonds. The van der Waals surface area contributed by atoms with E-state index in [1.165, 1.54) is 12.1 Å². The number of aliphatic hydroxyl groups is 2. The van der Waals surface area contributed by atoms with Crippen molar-refractivity contribution in [2.24, 2.45) is 11.8 Å². The highest BCUT2D eigenvalue weighted by molar-refractivity contribution is 6.12. The van der Waals surface area contributed by atoms with Gasteiger partial charge in [0.05, 0.1) is 0 Å². The van der Waals surface area contributed by atoms with Gasteiger partial charge in [-0.25, -0.2) is 0 Å². The zero-order chi connectivity index (χ0) is 28.3. The van der Waals surface area contributed by atoms with Crippen LogP contribution in [0.4, 0.5) is 0 Å². The van der Waals surface area contributed by atoms with Gasteiger partial charge in [-0.3, -0.25) is 4.79 Å². The molecule has 2 aromatic rings. The van der Waals surface area contributed by atoms with Crippen molar-refractivity contribution in [3.05, 3.63) is 69.8 Å². The maximum absolute atomic E-state index is 14.8. The number of ether oxygens (including phenoxy) is 2. The molecule has 4 bridgehead atoms. The van der Waals surface area contributed by atoms with Crippen LogP contribution in [0.2, 0.25) is 0 Å². The van der Waals surface area contributed by atoms with Crippen LogP contribution in [-0.4, -0.2) is 75.8 Å². The molecule has 8 aliphatic rings. The summed E-state index contributed by atoms with van der Waals surface area (Å²) in [6.07, 6.45) is 7.77. The van der Waals surface area contributed by atoms with E-state index in [0.717, 1.165) is 48.2 Å². The van der Waals surface area contributed by atoms with Gasteiger partial charge in [0.2, 0.25) is 0 Å². The number of aliphatic hydroxyl groups excluding tert-OH is 2. The van der Waals surface area contributed by atoms with E-state index in [1.54, 1.807) is 12.2 Å². The maximum atomic E-state index is 14.8. The number of carbonyl (C=O) groups excluding carboxylic acids is 1. The van der Waals surface area contributed by atoms with Crippen LogP contribution in [0.25, 0.3) is 0 Å². The van der Waals surface area contributed by atoms with Gasteiger partial charge in [-0.05, 0) is 62.0 Å². The fraction of sp³-hybridized carbons (Fsp3) is 0.485. The van der Waals surface area contributed by atoms with Crippen LogP contribution in [0.3, 0.4) is 0 Å². The minimum atomic E-state index is -0.804. The van der Waals surface area contributed by atoms with Crippen molar-refractivity contribution in [3.63, 3.8) is 0 Å². The molecule has 0 unspecified atom stereocenters. The highest BCUT2D eigenvalue weighted by atomic mass is 16.5. The van der Waals surface area contributed by atoms with E-state index in [2.05, 4.69) is 22.8 Å². The number of rotatable bonds is 2. The number of hydrogen-bond acceptors (Lipinski definition) is 9. The third-order valence-corrected chi connectivity index (χ3v) is 12.1. The molecule has 2 saturated heterocycles. The Balaban J connectivity index is 1.19. The molecule has 216 valence electrons. The Hall–Kier alpha value is -3.37. The summed E-state index contributed by atoms with van der Waals surface area (Å²) < 4.78 is 12.7. The lowest BCUT2D eigenvalue weighted by Crippen LogP contribution is -2.64. The number of ketones is 1. The zero-order valence-corrected chi connectivity index (χ0v) is 22.8. The first-order valence-electron chi connectivity index (χ1n) is 15.2. The minimum Gasteiger partial charge on any atom is -0.504 e. The van der Waals surface area contributed by atoms with Gasteiger partial charge in [0, 0.05) is 57.0 Å². The first-order chi connectivity index (χ1) is 20.3. The molecule has 6 N–H and O–H groups in total. The Morgan fingerprint density at radius 1 is 0.738 bits per heavy atom. The van der Waals surface area contributed by atoms with Gasteiger partial charge in [-0.2, -0.15) is 0 Å². The van der Waals surface area contributed by atoms with E-state index in [9.17, 15) is 25.2 Å². The van der Waals surface area contributed by atoms with E-state index >= 15 is 0 Å². The second-order valence-corrected chi connectivity index (χ2v) is 13.6. The van der Waals surface area contributed by atoms with E-state index in [4.69, 9.17) is 9.47 Å². The van der Waals surface area contributed by atoms with Crippen LogP contribution in [-0.2, 0) is 23.7 Å². The molecule has 0 aromatic heterocycles. The molecule has 10 rings (SSSR count). The Bertz CT molecular complexity index is 1580. The van der Waals surface area contributed by atoms with Gasteiger partial charge in [0.15, 0.2) is 28.8 Å². The lowest BCUT2D eigenvalue weighted by Gasteiger charge is -2.54. The van der Waals surface area contributed by atoms with E-state index in [0.29, 0.717) is 35.5 Å². The lowest BCUT2D eigenvalue weighted by atomic mass is 9.52. The lowest BCUT2D eigenvalue weighted by molar-refractivity contribution is -0.0178. The third-order valence-electron chi connectivity index (χ3n) is 12.1. The number of carbonyl (C=O) groups is 1. The Kier molecular flexibility index (Phi) is 4.35. The standard InChI is InChI=1S/C33H32N2O7/c36-21-3-1-17-19-9-13-15(11-23(38)28-25(13)32(17,5-7-34-19)30(21)41-28)27(40)16-12-24(39)29-26-14(16)10-20-18-2-4-22(37)31(42-29)33(18,26)6-8-35-20/h1-4,11-12,17-22,30-31,34-39H,5-10H2/t17-,18-,19+,20+,21-,22-,30-,31-,32-,33-/m0/s1. The summed E-state index contributed by atoms with van der Waals surface area (Å²) in [6.45, 7) is 1.53. The number of piperidine rings is 2. The zero-order valence-electron chi connectivity index (χ0n) is 22.8. The Labute approximate surface area is 241 Å². The van der Waals surface area contributed by atoms with Crippen molar-refractivity contribution in [1.29, 1.82) is 0 Å². The van der Waals surface area contributed by atoms with Crippen LogP contribution < -0.4 is 20.1 Å². The molecular formula is C33H32N2O7. The second kappa shape index (κ2) is 7.58. The van der Waals surface area contributed by atoms with Crippen molar-refractivity contribution in [3.8, 4) is 23.0 Å². The van der Waals surface area contributed by atoms with Gasteiger partial charge in [0.1, 0.15) is 24.4 Å². The Morgan fingerprint density at radius 3 is 1.64 bits per heavy atom. The third kappa shape index (κ3) is 2.49. The monoisotopic (exact) mass is 568 g/mol. The molecule has 2 aromatic carbocycles. The van der Waals surface area contributed by atoms with Crippen molar-refractivity contribution in [2.75, 3.05) is 13.1 Å². The molecule has 4 aliphatic carbocycles. The number of phenols is 2. The summed E-state index contributed by atoms with van der Waals surface area (Å²) >= 11 is 0. The molecule has 10 atom stereocenters. The van der Waals surface area contributed by atoms with Gasteiger partial charge in [-0.15, -0.1) is 0 Å². The predicted octanol–water partition coefficient (Wildman–Crippen LogP) is 1.26. The average molecular weight is 569 g/mol.